The number of aliphatic hydroxyl groups is 1. The van der Waals surface area contributed by atoms with Crippen LogP contribution in [0.2, 0.25) is 0 Å². The first kappa shape index (κ1) is 14.0. The third kappa shape index (κ3) is 4.41. The molecule has 18 heavy (non-hydrogen) atoms. The van der Waals surface area contributed by atoms with E-state index in [0.717, 1.165) is 5.56 Å². The molecule has 96 valence electrons. The summed E-state index contributed by atoms with van der Waals surface area (Å²) in [7, 11) is 0. The molecule has 1 aromatic carbocycles. The lowest BCUT2D eigenvalue weighted by atomic mass is 10.2. The minimum Gasteiger partial charge on any atom is -0.478 e. The predicted octanol–water partition coefficient (Wildman–Crippen LogP) is -0.475. The summed E-state index contributed by atoms with van der Waals surface area (Å²) in [5, 5.41) is 20.5. The Kier molecular flexibility index (Phi) is 5.64. The van der Waals surface area contributed by atoms with Crippen LogP contribution >= 0.6 is 0 Å². The van der Waals surface area contributed by atoms with E-state index in [1.54, 1.807) is 12.1 Å². The van der Waals surface area contributed by atoms with Crippen molar-refractivity contribution in [3.05, 3.63) is 29.8 Å². The molecule has 0 saturated heterocycles. The number of nitrogens with one attached hydrogen (secondary N) is 1. The summed E-state index contributed by atoms with van der Waals surface area (Å²) in [5.74, 6) is -0.170. The maximum absolute atomic E-state index is 10.6. The van der Waals surface area contributed by atoms with Gasteiger partial charge in [-0.15, -0.1) is 0 Å². The van der Waals surface area contributed by atoms with Crippen LogP contribution in [-0.4, -0.2) is 30.3 Å². The first-order valence-electron chi connectivity index (χ1n) is 5.41. The number of hydrogen-bond acceptors (Lipinski definition) is 5. The molecular weight excluding hydrogens is 234 g/mol. The summed E-state index contributed by atoms with van der Waals surface area (Å²) in [6.45, 7) is 0.453. The Morgan fingerprint density at radius 3 is 2.94 bits per heavy atom. The molecule has 0 aliphatic rings. The Morgan fingerprint density at radius 1 is 1.56 bits per heavy atom. The minimum atomic E-state index is -1.21. The number of rotatable bonds is 7. The second-order valence-electron chi connectivity index (χ2n) is 3.60. The first-order valence-corrected chi connectivity index (χ1v) is 5.41. The summed E-state index contributed by atoms with van der Waals surface area (Å²) >= 11 is 0. The first-order chi connectivity index (χ1) is 8.65. The Bertz CT molecular complexity index is 442. The van der Waals surface area contributed by atoms with Crippen LogP contribution in [0.25, 0.3) is 0 Å². The van der Waals surface area contributed by atoms with Crippen LogP contribution in [0.5, 0.6) is 5.75 Å². The molecule has 1 unspecified atom stereocenters. The number of benzene rings is 1. The molecule has 0 aromatic heterocycles. The van der Waals surface area contributed by atoms with E-state index in [-0.39, 0.29) is 13.2 Å². The molecular formula is C12H15N3O3. The van der Waals surface area contributed by atoms with Crippen LogP contribution in [0, 0.1) is 11.3 Å². The maximum Gasteiger partial charge on any atom is 0.247 e. The molecule has 1 aromatic rings. The zero-order valence-corrected chi connectivity index (χ0v) is 9.80. The highest BCUT2D eigenvalue weighted by atomic mass is 16.5. The highest BCUT2D eigenvalue weighted by Crippen LogP contribution is 2.17. The Balaban J connectivity index is 2.51. The standard InChI is InChI=1S/C12H15N3O3/c13-5-6-18-11-4-2-1-3-9(11)7-15-8-10(16)12(14)17/h1-4,10,15-16H,6-8H2,(H2,14,17). The number of nitrogens with zero attached hydrogens (tertiary/aromatic N) is 1. The molecule has 0 bridgehead atoms. The fourth-order valence-corrected chi connectivity index (χ4v) is 1.34. The van der Waals surface area contributed by atoms with E-state index in [4.69, 9.17) is 15.7 Å². The topological polar surface area (TPSA) is 108 Å². The number of primary amides is 1. The van der Waals surface area contributed by atoms with E-state index < -0.39 is 12.0 Å². The molecule has 0 aliphatic heterocycles. The number of nitrogens with two attached hydrogens (primary N) is 1. The molecule has 0 spiro atoms. The lowest BCUT2D eigenvalue weighted by Crippen LogP contribution is -2.37. The minimum absolute atomic E-state index is 0.0269. The number of amides is 1. The van der Waals surface area contributed by atoms with Gasteiger partial charge in [-0.3, -0.25) is 4.79 Å². The van der Waals surface area contributed by atoms with Gasteiger partial charge >= 0.3 is 0 Å². The number of ether oxygens (including phenoxy) is 1. The summed E-state index contributed by atoms with van der Waals surface area (Å²) in [6.07, 6.45) is -1.21. The monoisotopic (exact) mass is 249 g/mol. The van der Waals surface area contributed by atoms with Crippen molar-refractivity contribution in [1.29, 1.82) is 5.26 Å². The molecule has 1 atom stereocenters. The second-order valence-corrected chi connectivity index (χ2v) is 3.60. The Labute approximate surface area is 105 Å². The molecule has 1 rings (SSSR count). The highest BCUT2D eigenvalue weighted by molar-refractivity contribution is 5.78. The average molecular weight is 249 g/mol. The Hall–Kier alpha value is -2.10. The number of aliphatic hydroxyl groups excluding tert-OH is 1. The van der Waals surface area contributed by atoms with Gasteiger partial charge in [-0.25, -0.2) is 0 Å². The van der Waals surface area contributed by atoms with Crippen LogP contribution in [0.1, 0.15) is 5.56 Å². The number of carbonyl (C=O) groups excluding carboxylic acids is 1. The Morgan fingerprint density at radius 2 is 2.28 bits per heavy atom. The fraction of sp³-hybridized carbons (Fsp3) is 0.333. The number of para-hydroxylation sites is 1. The SMILES string of the molecule is N#CCOc1ccccc1CNCC(O)C(N)=O. The molecule has 0 saturated carbocycles. The van der Waals surface area contributed by atoms with Gasteiger partial charge in [-0.1, -0.05) is 18.2 Å². The van der Waals surface area contributed by atoms with E-state index >= 15 is 0 Å². The van der Waals surface area contributed by atoms with Crippen molar-refractivity contribution in [3.8, 4) is 11.8 Å². The van der Waals surface area contributed by atoms with Crippen molar-refractivity contribution in [2.45, 2.75) is 12.6 Å². The van der Waals surface area contributed by atoms with Gasteiger partial charge in [0.05, 0.1) is 0 Å². The molecule has 6 heteroatoms. The van der Waals surface area contributed by atoms with Crippen molar-refractivity contribution in [2.75, 3.05) is 13.2 Å². The van der Waals surface area contributed by atoms with Crippen LogP contribution in [-0.2, 0) is 11.3 Å². The summed E-state index contributed by atoms with van der Waals surface area (Å²) < 4.78 is 5.24. The van der Waals surface area contributed by atoms with E-state index in [2.05, 4.69) is 5.32 Å². The highest BCUT2D eigenvalue weighted by Gasteiger charge is 2.10. The molecule has 0 fully saturated rings. The molecule has 0 radical (unpaired) electrons. The number of carbonyl (C=O) groups is 1. The van der Waals surface area contributed by atoms with Crippen molar-refractivity contribution in [2.24, 2.45) is 5.73 Å². The predicted molar refractivity (Wildman–Crippen MR) is 64.5 cm³/mol. The molecule has 4 N–H and O–H groups in total. The normalized spacial score (nSPS) is 11.6. The number of hydrogen-bond donors (Lipinski definition) is 3. The third-order valence-corrected chi connectivity index (χ3v) is 2.25. The van der Waals surface area contributed by atoms with E-state index in [1.807, 2.05) is 18.2 Å². The maximum atomic E-state index is 10.6. The van der Waals surface area contributed by atoms with Gasteiger partial charge in [0.25, 0.3) is 0 Å². The molecule has 6 nitrogen and oxygen atoms in total. The lowest BCUT2D eigenvalue weighted by molar-refractivity contribution is -0.125. The van der Waals surface area contributed by atoms with Gasteiger partial charge in [0.2, 0.25) is 5.91 Å². The zero-order chi connectivity index (χ0) is 13.4. The van der Waals surface area contributed by atoms with E-state index in [0.29, 0.717) is 12.3 Å². The van der Waals surface area contributed by atoms with E-state index in [9.17, 15) is 9.90 Å². The quantitative estimate of drug-likeness (QED) is 0.605. The largest absolute Gasteiger partial charge is 0.478 e. The van der Waals surface area contributed by atoms with Gasteiger partial charge in [-0.05, 0) is 6.07 Å². The van der Waals surface area contributed by atoms with Gasteiger partial charge in [0, 0.05) is 18.7 Å². The smallest absolute Gasteiger partial charge is 0.247 e. The molecule has 0 heterocycles. The van der Waals surface area contributed by atoms with Crippen LogP contribution in [0.3, 0.4) is 0 Å². The van der Waals surface area contributed by atoms with Crippen molar-refractivity contribution >= 4 is 5.91 Å². The van der Waals surface area contributed by atoms with E-state index in [1.165, 1.54) is 0 Å². The zero-order valence-electron chi connectivity index (χ0n) is 9.80. The van der Waals surface area contributed by atoms with Gasteiger partial charge in [0.15, 0.2) is 6.61 Å². The van der Waals surface area contributed by atoms with Crippen LogP contribution < -0.4 is 15.8 Å². The summed E-state index contributed by atoms with van der Waals surface area (Å²) in [4.78, 5) is 10.6. The van der Waals surface area contributed by atoms with Crippen molar-refractivity contribution < 1.29 is 14.6 Å². The lowest BCUT2D eigenvalue weighted by Gasteiger charge is -2.11. The second kappa shape index (κ2) is 7.27. The van der Waals surface area contributed by atoms with Crippen LogP contribution in [0.4, 0.5) is 0 Å². The third-order valence-electron chi connectivity index (χ3n) is 2.25. The average Bonchev–Trinajstić information content (AvgIpc) is 2.37. The molecule has 0 aliphatic carbocycles. The molecule has 1 amide bonds. The van der Waals surface area contributed by atoms with Gasteiger partial charge in [0.1, 0.15) is 17.9 Å². The van der Waals surface area contributed by atoms with Crippen molar-refractivity contribution in [3.63, 3.8) is 0 Å². The summed E-state index contributed by atoms with van der Waals surface area (Å²) in [5.41, 5.74) is 5.76. The van der Waals surface area contributed by atoms with Gasteiger partial charge in [-0.2, -0.15) is 5.26 Å². The van der Waals surface area contributed by atoms with Gasteiger partial charge < -0.3 is 20.9 Å². The van der Waals surface area contributed by atoms with Crippen LogP contribution in [0.15, 0.2) is 24.3 Å². The summed E-state index contributed by atoms with van der Waals surface area (Å²) in [6, 6.07) is 9.10. The number of nitriles is 1. The van der Waals surface area contributed by atoms with Crippen molar-refractivity contribution in [1.82, 2.24) is 5.32 Å². The fourth-order valence-electron chi connectivity index (χ4n) is 1.34.